The number of fused-ring (bicyclic) bond motifs is 3. The van der Waals surface area contributed by atoms with Gasteiger partial charge in [-0.2, -0.15) is 5.10 Å². The van der Waals surface area contributed by atoms with Gasteiger partial charge in [0.2, 0.25) is 11.8 Å². The number of aromatic carboxylic acids is 1. The summed E-state index contributed by atoms with van der Waals surface area (Å²) in [5.41, 5.74) is 0.110. The molecule has 1 aliphatic carbocycles. The van der Waals surface area contributed by atoms with Gasteiger partial charge in [-0.05, 0) is 61.1 Å². The van der Waals surface area contributed by atoms with Crippen LogP contribution in [0.1, 0.15) is 46.7 Å². The van der Waals surface area contributed by atoms with Gasteiger partial charge < -0.3 is 15.2 Å². The number of carboxylic acid groups (broad SMARTS) is 1. The number of hydrogen-bond acceptors (Lipinski definition) is 5. The summed E-state index contributed by atoms with van der Waals surface area (Å²) >= 11 is 12.5. The van der Waals surface area contributed by atoms with E-state index in [0.29, 0.717) is 40.7 Å². The van der Waals surface area contributed by atoms with E-state index in [1.54, 1.807) is 24.3 Å². The molecular formula is C30H24Cl2F2N4O4. The van der Waals surface area contributed by atoms with Crippen molar-refractivity contribution in [1.29, 1.82) is 0 Å². The molecule has 1 saturated heterocycles. The maximum atomic E-state index is 15.7. The minimum atomic E-state index is -1.40. The second-order valence-corrected chi connectivity index (χ2v) is 12.0. The Morgan fingerprint density at radius 3 is 2.74 bits per heavy atom. The number of ether oxygens (including phenoxy) is 1. The number of rotatable bonds is 7. The molecule has 1 amide bonds. The van der Waals surface area contributed by atoms with Gasteiger partial charge in [-0.25, -0.2) is 18.7 Å². The summed E-state index contributed by atoms with van der Waals surface area (Å²) in [6, 6.07) is 11.9. The quantitative estimate of drug-likeness (QED) is 0.225. The standard InChI is InChI=1S/C30H24Cl2F2N4O4/c31-15-6-7-20-25(8-15)35-29(41)30(20)21(17-2-1-3-22(32)26(17)34)9-16(38(30)12-14-4-5-14)13-42-27-19-10-23(33)18(28(39)40)11-24(19)36-37-27/h1-3,6-8,10-11,14,16,21H,4-5,9,12-13H2,(H,35,41)(H,36,37)(H,39,40)/t16-,21-,30-/m1/s1. The molecule has 1 aromatic heterocycles. The number of halogens is 4. The van der Waals surface area contributed by atoms with Crippen LogP contribution in [0.4, 0.5) is 14.5 Å². The number of aromatic amines is 1. The molecule has 3 heterocycles. The number of carbonyl (C=O) groups is 2. The number of nitrogens with one attached hydrogen (secondary N) is 2. The van der Waals surface area contributed by atoms with E-state index in [2.05, 4.69) is 20.4 Å². The molecule has 0 unspecified atom stereocenters. The highest BCUT2D eigenvalue weighted by Crippen LogP contribution is 2.58. The van der Waals surface area contributed by atoms with Crippen molar-refractivity contribution in [2.24, 2.45) is 5.92 Å². The van der Waals surface area contributed by atoms with Crippen molar-refractivity contribution in [3.05, 3.63) is 86.9 Å². The summed E-state index contributed by atoms with van der Waals surface area (Å²) in [6.45, 7) is 0.658. The lowest BCUT2D eigenvalue weighted by Gasteiger charge is -2.40. The first kappa shape index (κ1) is 27.1. The molecular weight excluding hydrogens is 589 g/mol. The van der Waals surface area contributed by atoms with Crippen molar-refractivity contribution in [3.63, 3.8) is 0 Å². The molecule has 2 aliphatic heterocycles. The Bertz CT molecular complexity index is 1780. The zero-order chi connectivity index (χ0) is 29.3. The molecule has 2 fully saturated rings. The molecule has 3 atom stereocenters. The van der Waals surface area contributed by atoms with Crippen molar-refractivity contribution in [1.82, 2.24) is 15.1 Å². The number of carbonyl (C=O) groups excluding carboxylic acids is 1. The molecule has 42 heavy (non-hydrogen) atoms. The fourth-order valence-corrected chi connectivity index (χ4v) is 6.97. The highest BCUT2D eigenvalue weighted by Gasteiger charge is 2.64. The second kappa shape index (κ2) is 9.93. The van der Waals surface area contributed by atoms with Gasteiger partial charge in [-0.15, -0.1) is 0 Å². The van der Waals surface area contributed by atoms with Crippen LogP contribution < -0.4 is 10.1 Å². The molecule has 3 aliphatic rings. The van der Waals surface area contributed by atoms with E-state index in [4.69, 9.17) is 27.9 Å². The van der Waals surface area contributed by atoms with Crippen LogP contribution in [0.3, 0.4) is 0 Å². The summed E-state index contributed by atoms with van der Waals surface area (Å²) in [6.07, 6.45) is 2.40. The van der Waals surface area contributed by atoms with Crippen molar-refractivity contribution in [2.75, 3.05) is 18.5 Å². The maximum Gasteiger partial charge on any atom is 0.338 e. The molecule has 3 N–H and O–H groups in total. The lowest BCUT2D eigenvalue weighted by Crippen LogP contribution is -2.53. The molecule has 1 saturated carbocycles. The highest BCUT2D eigenvalue weighted by atomic mass is 35.5. The Morgan fingerprint density at radius 2 is 1.98 bits per heavy atom. The van der Waals surface area contributed by atoms with Crippen LogP contribution in [-0.2, 0) is 10.3 Å². The number of amides is 1. The van der Waals surface area contributed by atoms with Gasteiger partial charge in [0, 0.05) is 34.8 Å². The van der Waals surface area contributed by atoms with E-state index in [1.165, 1.54) is 6.07 Å². The Morgan fingerprint density at radius 1 is 1.17 bits per heavy atom. The van der Waals surface area contributed by atoms with Crippen LogP contribution in [0, 0.1) is 17.6 Å². The zero-order valence-corrected chi connectivity index (χ0v) is 23.5. The predicted molar refractivity (Wildman–Crippen MR) is 152 cm³/mol. The van der Waals surface area contributed by atoms with Gasteiger partial charge in [-0.3, -0.25) is 9.69 Å². The lowest BCUT2D eigenvalue weighted by atomic mass is 9.75. The van der Waals surface area contributed by atoms with E-state index in [1.807, 2.05) is 6.07 Å². The monoisotopic (exact) mass is 612 g/mol. The van der Waals surface area contributed by atoms with Crippen LogP contribution >= 0.6 is 23.2 Å². The fraction of sp³-hybridized carbons (Fsp3) is 0.300. The first-order chi connectivity index (χ1) is 20.2. The van der Waals surface area contributed by atoms with Gasteiger partial charge in [-0.1, -0.05) is 41.4 Å². The van der Waals surface area contributed by atoms with Crippen molar-refractivity contribution in [2.45, 2.75) is 36.8 Å². The summed E-state index contributed by atoms with van der Waals surface area (Å²) in [5, 5.41) is 19.8. The summed E-state index contributed by atoms with van der Waals surface area (Å²) in [4.78, 5) is 27.6. The molecule has 12 heteroatoms. The number of aromatic nitrogens is 2. The largest absolute Gasteiger partial charge is 0.478 e. The van der Waals surface area contributed by atoms with Crippen LogP contribution in [0.25, 0.3) is 10.9 Å². The predicted octanol–water partition coefficient (Wildman–Crippen LogP) is 6.34. The van der Waals surface area contributed by atoms with Gasteiger partial charge in [0.25, 0.3) is 0 Å². The minimum absolute atomic E-state index is 0.0301. The molecule has 8 nitrogen and oxygen atoms in total. The van der Waals surface area contributed by atoms with Gasteiger partial charge in [0.1, 0.15) is 23.8 Å². The molecule has 7 rings (SSSR count). The van der Waals surface area contributed by atoms with E-state index in [-0.39, 0.29) is 40.4 Å². The van der Waals surface area contributed by atoms with Crippen LogP contribution in [0.5, 0.6) is 5.88 Å². The number of nitrogens with zero attached hydrogens (tertiary/aromatic N) is 2. The topological polar surface area (TPSA) is 108 Å². The molecule has 4 aromatic rings. The van der Waals surface area contributed by atoms with Gasteiger partial charge >= 0.3 is 5.97 Å². The minimum Gasteiger partial charge on any atom is -0.478 e. The molecule has 216 valence electrons. The van der Waals surface area contributed by atoms with Crippen molar-refractivity contribution < 1.29 is 28.2 Å². The third-order valence-corrected chi connectivity index (χ3v) is 9.19. The molecule has 0 bridgehead atoms. The summed E-state index contributed by atoms with van der Waals surface area (Å²) < 4.78 is 36.4. The first-order valence-electron chi connectivity index (χ1n) is 13.5. The van der Waals surface area contributed by atoms with Crippen molar-refractivity contribution in [3.8, 4) is 5.88 Å². The summed E-state index contributed by atoms with van der Waals surface area (Å²) in [5.74, 6) is -3.23. The third-order valence-electron chi connectivity index (χ3n) is 8.66. The normalized spacial score (nSPS) is 23.5. The van der Waals surface area contributed by atoms with Crippen LogP contribution in [0.15, 0.2) is 48.5 Å². The average Bonchev–Trinajstić information content (AvgIpc) is 3.51. The average molecular weight is 613 g/mol. The maximum absolute atomic E-state index is 15.7. The Hall–Kier alpha value is -3.73. The number of carboxylic acids is 1. The number of likely N-dealkylation sites (tertiary alicyclic amines) is 1. The second-order valence-electron chi connectivity index (χ2n) is 11.1. The lowest BCUT2D eigenvalue weighted by molar-refractivity contribution is -0.128. The van der Waals surface area contributed by atoms with Crippen molar-refractivity contribution >= 4 is 51.7 Å². The number of H-pyrrole nitrogens is 1. The van der Waals surface area contributed by atoms with E-state index >= 15 is 4.39 Å². The SMILES string of the molecule is O=C(O)c1cc2n[nH]c(OC[C@H]3C[C@H](c4cccc(Cl)c4F)[C@]4(C(=O)Nc5cc(Cl)ccc54)N3CC3CC3)c2cc1F. The van der Waals surface area contributed by atoms with E-state index in [9.17, 15) is 19.1 Å². The molecule has 1 spiro atoms. The molecule has 3 aromatic carbocycles. The van der Waals surface area contributed by atoms with Gasteiger partial charge in [0.15, 0.2) is 0 Å². The van der Waals surface area contributed by atoms with Crippen LogP contribution in [-0.4, -0.2) is 51.3 Å². The summed E-state index contributed by atoms with van der Waals surface area (Å²) in [7, 11) is 0. The Balaban J connectivity index is 1.31. The van der Waals surface area contributed by atoms with Gasteiger partial charge in [0.05, 0.1) is 21.5 Å². The number of hydrogen-bond donors (Lipinski definition) is 3. The smallest absolute Gasteiger partial charge is 0.338 e. The number of benzene rings is 3. The fourth-order valence-electron chi connectivity index (χ4n) is 6.61. The third kappa shape index (κ3) is 4.15. The zero-order valence-electron chi connectivity index (χ0n) is 22.0. The van der Waals surface area contributed by atoms with E-state index in [0.717, 1.165) is 25.0 Å². The highest BCUT2D eigenvalue weighted by molar-refractivity contribution is 6.31. The van der Waals surface area contributed by atoms with Crippen LogP contribution in [0.2, 0.25) is 10.0 Å². The number of anilines is 1. The molecule has 0 radical (unpaired) electrons. The van der Waals surface area contributed by atoms with E-state index < -0.39 is 34.6 Å². The Kier molecular flexibility index (Phi) is 6.41. The first-order valence-corrected chi connectivity index (χ1v) is 14.3. The Labute approximate surface area is 248 Å².